The minimum absolute atomic E-state index is 0.941. The number of allylic oxidation sites excluding steroid dienone is 1. The summed E-state index contributed by atoms with van der Waals surface area (Å²) in [5.41, 5.74) is 14.9. The van der Waals surface area contributed by atoms with E-state index in [0.717, 1.165) is 57.6 Å². The Kier molecular flexibility index (Phi) is 8.04. The summed E-state index contributed by atoms with van der Waals surface area (Å²) in [5, 5.41) is 11.0. The van der Waals surface area contributed by atoms with Gasteiger partial charge < -0.3 is 0 Å². The Labute approximate surface area is 364 Å². The first kappa shape index (κ1) is 35.6. The van der Waals surface area contributed by atoms with Crippen molar-refractivity contribution in [2.75, 3.05) is 0 Å². The Bertz CT molecular complexity index is 3840. The van der Waals surface area contributed by atoms with Crippen LogP contribution < -0.4 is 0 Å². The summed E-state index contributed by atoms with van der Waals surface area (Å²) < 4.78 is 2.30. The number of aryl methyl sites for hydroxylation is 1. The van der Waals surface area contributed by atoms with Gasteiger partial charge in [-0.25, -0.2) is 9.97 Å². The van der Waals surface area contributed by atoms with Crippen molar-refractivity contribution in [2.45, 2.75) is 12.8 Å². The predicted molar refractivity (Wildman–Crippen MR) is 265 cm³/mol. The molecule has 3 nitrogen and oxygen atoms in total. The van der Waals surface area contributed by atoms with E-state index < -0.39 is 0 Å². The molecule has 10 aromatic carbocycles. The highest BCUT2D eigenvalue weighted by molar-refractivity contribution is 6.22. The van der Waals surface area contributed by atoms with Crippen molar-refractivity contribution >= 4 is 65.7 Å². The first-order chi connectivity index (χ1) is 31.2. The average molecular weight is 802 g/mol. The monoisotopic (exact) mass is 801 g/mol. The van der Waals surface area contributed by atoms with E-state index in [2.05, 4.69) is 217 Å². The first-order valence-electron chi connectivity index (χ1n) is 21.9. The summed E-state index contributed by atoms with van der Waals surface area (Å²) in [4.78, 5) is 10.5. The van der Waals surface area contributed by atoms with Gasteiger partial charge in [0.15, 0.2) is 0 Å². The molecule has 0 N–H and O–H groups in total. The minimum atomic E-state index is 0.941. The number of hydrogen-bond acceptors (Lipinski definition) is 2. The molecule has 294 valence electrons. The van der Waals surface area contributed by atoms with Gasteiger partial charge in [0.05, 0.1) is 16.9 Å². The zero-order chi connectivity index (χ0) is 41.4. The summed E-state index contributed by atoms with van der Waals surface area (Å²) in [6.45, 7) is 0. The summed E-state index contributed by atoms with van der Waals surface area (Å²) in [5.74, 6) is 0.941. The van der Waals surface area contributed by atoms with Gasteiger partial charge in [0.25, 0.3) is 0 Å². The molecule has 0 fully saturated rings. The fourth-order valence-corrected chi connectivity index (χ4v) is 10.1. The molecule has 0 amide bonds. The number of aromatic nitrogens is 3. The van der Waals surface area contributed by atoms with E-state index in [0.29, 0.717) is 0 Å². The highest BCUT2D eigenvalue weighted by Crippen LogP contribution is 2.46. The van der Waals surface area contributed by atoms with Crippen molar-refractivity contribution in [3.63, 3.8) is 0 Å². The Morgan fingerprint density at radius 3 is 1.56 bits per heavy atom. The SMILES string of the molecule is C1=Cc2nc3c4cc(-c5ccc(-c6ccc7c(-c8ccc9ccccc9c8)c8ccccc8c(-c8ccc9ccccc9c8)c7c6)cc5)ccc4nc(-c4ccccc4)n3c2CC1. The molecule has 13 rings (SSSR count). The number of imidazole rings is 1. The summed E-state index contributed by atoms with van der Waals surface area (Å²) in [7, 11) is 0. The van der Waals surface area contributed by atoms with Gasteiger partial charge in [0.2, 0.25) is 0 Å². The van der Waals surface area contributed by atoms with Crippen LogP contribution in [0.15, 0.2) is 206 Å². The standard InChI is InChI=1S/C60H39N3/c1-2-14-42(15-3-1)59-61-54-33-31-46(37-53(54)60-62-55-20-10-11-21-56(55)63(59)60)41-24-22-40(23-25-41)45-30-32-51-52(36-45)58(48-29-27-39-13-5-7-17-44(39)35-48)50-19-9-8-18-49(50)57(51)47-28-26-38-12-4-6-16-43(38)34-47/h1-10,12-20,22-37H,11,21H2. The number of rotatable bonds is 5. The molecule has 0 atom stereocenters. The number of benzene rings is 10. The van der Waals surface area contributed by atoms with Crippen molar-refractivity contribution in [2.24, 2.45) is 0 Å². The molecule has 0 bridgehead atoms. The van der Waals surface area contributed by atoms with Gasteiger partial charge in [0, 0.05) is 10.9 Å². The van der Waals surface area contributed by atoms with E-state index in [-0.39, 0.29) is 0 Å². The van der Waals surface area contributed by atoms with Crippen molar-refractivity contribution < 1.29 is 0 Å². The van der Waals surface area contributed by atoms with Crippen molar-refractivity contribution in [3.05, 3.63) is 218 Å². The molecule has 0 saturated carbocycles. The van der Waals surface area contributed by atoms with Crippen LogP contribution in [0.5, 0.6) is 0 Å². The van der Waals surface area contributed by atoms with E-state index in [1.54, 1.807) is 0 Å². The van der Waals surface area contributed by atoms with Crippen molar-refractivity contribution in [3.8, 4) is 55.9 Å². The van der Waals surface area contributed by atoms with Gasteiger partial charge in [-0.1, -0.05) is 176 Å². The van der Waals surface area contributed by atoms with E-state index in [9.17, 15) is 0 Å². The zero-order valence-electron chi connectivity index (χ0n) is 34.5. The molecule has 0 radical (unpaired) electrons. The lowest BCUT2D eigenvalue weighted by atomic mass is 9.84. The quantitative estimate of drug-likeness (QED) is 0.162. The summed E-state index contributed by atoms with van der Waals surface area (Å²) >= 11 is 0. The van der Waals surface area contributed by atoms with Crippen LogP contribution in [0.2, 0.25) is 0 Å². The fraction of sp³-hybridized carbons (Fsp3) is 0.0333. The Balaban J connectivity index is 0.966. The van der Waals surface area contributed by atoms with Crippen LogP contribution in [0.3, 0.4) is 0 Å². The van der Waals surface area contributed by atoms with Gasteiger partial charge in [-0.3, -0.25) is 4.40 Å². The molecular formula is C60H39N3. The third-order valence-corrected chi connectivity index (χ3v) is 13.2. The fourth-order valence-electron chi connectivity index (χ4n) is 10.1. The van der Waals surface area contributed by atoms with E-state index >= 15 is 0 Å². The molecule has 12 aromatic rings. The maximum Gasteiger partial charge on any atom is 0.148 e. The molecule has 1 aliphatic carbocycles. The highest BCUT2D eigenvalue weighted by atomic mass is 15.1. The second kappa shape index (κ2) is 14.2. The minimum Gasteiger partial charge on any atom is -0.280 e. The second-order valence-corrected chi connectivity index (χ2v) is 16.8. The molecular weight excluding hydrogens is 763 g/mol. The van der Waals surface area contributed by atoms with Gasteiger partial charge >= 0.3 is 0 Å². The maximum absolute atomic E-state index is 5.27. The Morgan fingerprint density at radius 1 is 0.365 bits per heavy atom. The molecule has 2 aromatic heterocycles. The smallest absolute Gasteiger partial charge is 0.148 e. The third kappa shape index (κ3) is 5.81. The van der Waals surface area contributed by atoms with Crippen LogP contribution in [-0.4, -0.2) is 14.4 Å². The number of hydrogen-bond donors (Lipinski definition) is 0. The second-order valence-electron chi connectivity index (χ2n) is 16.8. The molecule has 3 heteroatoms. The van der Waals surface area contributed by atoms with Crippen molar-refractivity contribution in [1.29, 1.82) is 0 Å². The topological polar surface area (TPSA) is 30.2 Å². The summed E-state index contributed by atoms with van der Waals surface area (Å²) in [6, 6.07) is 73.3. The van der Waals surface area contributed by atoms with Gasteiger partial charge in [-0.2, -0.15) is 0 Å². The maximum atomic E-state index is 5.27. The molecule has 63 heavy (non-hydrogen) atoms. The third-order valence-electron chi connectivity index (χ3n) is 13.2. The summed E-state index contributed by atoms with van der Waals surface area (Å²) in [6.07, 6.45) is 6.34. The molecule has 0 spiro atoms. The normalized spacial score (nSPS) is 12.6. The Morgan fingerprint density at radius 2 is 0.889 bits per heavy atom. The van der Waals surface area contributed by atoms with E-state index in [1.807, 2.05) is 0 Å². The lowest BCUT2D eigenvalue weighted by Crippen LogP contribution is -2.03. The van der Waals surface area contributed by atoms with Gasteiger partial charge in [0.1, 0.15) is 11.5 Å². The molecule has 2 heterocycles. The molecule has 0 saturated heterocycles. The molecule has 0 aliphatic heterocycles. The van der Waals surface area contributed by atoms with Crippen molar-refractivity contribution in [1.82, 2.24) is 14.4 Å². The largest absolute Gasteiger partial charge is 0.280 e. The lowest BCUT2D eigenvalue weighted by Gasteiger charge is -2.19. The van der Waals surface area contributed by atoms with Gasteiger partial charge in [-0.15, -0.1) is 0 Å². The lowest BCUT2D eigenvalue weighted by molar-refractivity contribution is 0.903. The van der Waals surface area contributed by atoms with Crippen LogP contribution >= 0.6 is 0 Å². The van der Waals surface area contributed by atoms with E-state index in [1.165, 1.54) is 82.2 Å². The molecule has 1 aliphatic rings. The first-order valence-corrected chi connectivity index (χ1v) is 21.9. The van der Waals surface area contributed by atoms with Crippen LogP contribution in [0, 0.1) is 0 Å². The van der Waals surface area contributed by atoms with Gasteiger partial charge in [-0.05, 0) is 137 Å². The number of nitrogens with zero attached hydrogens (tertiary/aromatic N) is 3. The Hall–Kier alpha value is -8.14. The predicted octanol–water partition coefficient (Wildman–Crippen LogP) is 15.8. The van der Waals surface area contributed by atoms with Crippen LogP contribution in [-0.2, 0) is 6.42 Å². The van der Waals surface area contributed by atoms with E-state index in [4.69, 9.17) is 9.97 Å². The average Bonchev–Trinajstić information content (AvgIpc) is 3.75. The van der Waals surface area contributed by atoms with Crippen LogP contribution in [0.4, 0.5) is 0 Å². The van der Waals surface area contributed by atoms with Crippen LogP contribution in [0.1, 0.15) is 17.8 Å². The molecule has 0 unspecified atom stereocenters. The zero-order valence-corrected chi connectivity index (χ0v) is 34.5. The van der Waals surface area contributed by atoms with Crippen LogP contribution in [0.25, 0.3) is 122 Å². The number of fused-ring (bicyclic) bond motifs is 9. The highest BCUT2D eigenvalue weighted by Gasteiger charge is 2.21.